The van der Waals surface area contributed by atoms with E-state index >= 15 is 0 Å². The van der Waals surface area contributed by atoms with E-state index in [1.807, 2.05) is 32.9 Å². The van der Waals surface area contributed by atoms with Gasteiger partial charge in [0.05, 0.1) is 12.3 Å². The topological polar surface area (TPSA) is 60.1 Å². The summed E-state index contributed by atoms with van der Waals surface area (Å²) in [5, 5.41) is 3.07. The zero-order chi connectivity index (χ0) is 13.1. The van der Waals surface area contributed by atoms with Crippen LogP contribution in [0.4, 0.5) is 5.82 Å². The number of hydrogen-bond acceptors (Lipinski definition) is 4. The van der Waals surface area contributed by atoms with Crippen molar-refractivity contribution in [2.75, 3.05) is 5.32 Å². The lowest BCUT2D eigenvalue weighted by atomic mass is 10.2. The van der Waals surface area contributed by atoms with Gasteiger partial charge in [-0.2, -0.15) is 0 Å². The number of rotatable bonds is 4. The summed E-state index contributed by atoms with van der Waals surface area (Å²) in [7, 11) is 0. The smallest absolute Gasteiger partial charge is 0.293 e. The maximum absolute atomic E-state index is 12.1. The maximum Gasteiger partial charge on any atom is 0.293 e. The van der Waals surface area contributed by atoms with Crippen LogP contribution in [0, 0.1) is 0 Å². The molecule has 5 heteroatoms. The highest BCUT2D eigenvalue weighted by Crippen LogP contribution is 2.16. The second-order valence-electron chi connectivity index (χ2n) is 4.46. The van der Waals surface area contributed by atoms with Gasteiger partial charge in [-0.1, -0.05) is 0 Å². The number of aromatic nitrogens is 2. The Morgan fingerprint density at radius 3 is 2.78 bits per heavy atom. The quantitative estimate of drug-likeness (QED) is 0.902. The van der Waals surface area contributed by atoms with E-state index in [-0.39, 0.29) is 17.6 Å². The molecule has 2 heterocycles. The van der Waals surface area contributed by atoms with Crippen molar-refractivity contribution in [3.63, 3.8) is 0 Å². The predicted octanol–water partition coefficient (Wildman–Crippen LogP) is 2.59. The zero-order valence-electron chi connectivity index (χ0n) is 10.8. The molecule has 0 saturated heterocycles. The van der Waals surface area contributed by atoms with Crippen molar-refractivity contribution in [2.45, 2.75) is 32.9 Å². The van der Waals surface area contributed by atoms with Crippen molar-refractivity contribution in [3.8, 4) is 0 Å². The minimum absolute atomic E-state index is 0.0942. The Hall–Kier alpha value is -2.04. The van der Waals surface area contributed by atoms with Crippen molar-refractivity contribution in [2.24, 2.45) is 0 Å². The van der Waals surface area contributed by atoms with Crippen molar-refractivity contribution in [1.82, 2.24) is 9.55 Å². The lowest BCUT2D eigenvalue weighted by Crippen LogP contribution is -2.26. The van der Waals surface area contributed by atoms with E-state index in [0.29, 0.717) is 5.82 Å². The van der Waals surface area contributed by atoms with Crippen LogP contribution in [0.25, 0.3) is 0 Å². The number of nitrogens with one attached hydrogen (secondary N) is 1. The molecule has 0 aliphatic rings. The lowest BCUT2D eigenvalue weighted by Gasteiger charge is -2.14. The van der Waals surface area contributed by atoms with Crippen LogP contribution < -0.4 is 10.9 Å². The van der Waals surface area contributed by atoms with E-state index in [1.165, 1.54) is 0 Å². The molecule has 0 radical (unpaired) electrons. The normalized spacial score (nSPS) is 12.7. The third-order valence-corrected chi connectivity index (χ3v) is 2.75. The highest BCUT2D eigenvalue weighted by molar-refractivity contribution is 5.33. The van der Waals surface area contributed by atoms with Gasteiger partial charge in [0.1, 0.15) is 5.76 Å². The SMILES string of the molecule is CC(Nc1nccn(C(C)C)c1=O)c1ccco1. The second kappa shape index (κ2) is 5.08. The molecule has 0 aliphatic carbocycles. The van der Waals surface area contributed by atoms with E-state index in [0.717, 1.165) is 5.76 Å². The molecule has 0 saturated carbocycles. The number of hydrogen-bond donors (Lipinski definition) is 1. The van der Waals surface area contributed by atoms with E-state index < -0.39 is 0 Å². The van der Waals surface area contributed by atoms with Crippen LogP contribution in [0.1, 0.15) is 38.6 Å². The summed E-state index contributed by atoms with van der Waals surface area (Å²) in [4.78, 5) is 16.2. The molecule has 0 fully saturated rings. The Balaban J connectivity index is 2.25. The van der Waals surface area contributed by atoms with Crippen LogP contribution in [0.2, 0.25) is 0 Å². The number of furan rings is 1. The summed E-state index contributed by atoms with van der Waals surface area (Å²) in [6.07, 6.45) is 4.92. The van der Waals surface area contributed by atoms with Gasteiger partial charge in [0, 0.05) is 18.4 Å². The van der Waals surface area contributed by atoms with Crippen LogP contribution in [0.5, 0.6) is 0 Å². The molecular formula is C13H17N3O2. The molecule has 5 nitrogen and oxygen atoms in total. The first-order chi connectivity index (χ1) is 8.59. The Labute approximate surface area is 105 Å². The Bertz CT molecular complexity index is 558. The molecule has 0 aromatic carbocycles. The van der Waals surface area contributed by atoms with Crippen LogP contribution in [-0.4, -0.2) is 9.55 Å². The Morgan fingerprint density at radius 1 is 1.39 bits per heavy atom. The molecule has 2 rings (SSSR count). The van der Waals surface area contributed by atoms with Gasteiger partial charge in [-0.05, 0) is 32.9 Å². The predicted molar refractivity (Wildman–Crippen MR) is 69.6 cm³/mol. The standard InChI is InChI=1S/C13H17N3O2/c1-9(2)16-7-6-14-12(13(16)17)15-10(3)11-5-4-8-18-11/h4-10H,1-3H3,(H,14,15). The van der Waals surface area contributed by atoms with Gasteiger partial charge in [0.25, 0.3) is 5.56 Å². The molecule has 0 amide bonds. The first-order valence-electron chi connectivity index (χ1n) is 5.96. The van der Waals surface area contributed by atoms with Crippen LogP contribution in [-0.2, 0) is 0 Å². The Morgan fingerprint density at radius 2 is 2.17 bits per heavy atom. The minimum atomic E-state index is -0.120. The minimum Gasteiger partial charge on any atom is -0.467 e. The van der Waals surface area contributed by atoms with E-state index in [9.17, 15) is 4.79 Å². The van der Waals surface area contributed by atoms with Gasteiger partial charge < -0.3 is 14.3 Å². The molecule has 1 N–H and O–H groups in total. The molecule has 1 unspecified atom stereocenters. The second-order valence-corrected chi connectivity index (χ2v) is 4.46. The van der Waals surface area contributed by atoms with Crippen molar-refractivity contribution in [1.29, 1.82) is 0 Å². The van der Waals surface area contributed by atoms with Crippen molar-refractivity contribution in [3.05, 3.63) is 46.9 Å². The highest BCUT2D eigenvalue weighted by Gasteiger charge is 2.12. The van der Waals surface area contributed by atoms with E-state index in [2.05, 4.69) is 10.3 Å². The summed E-state index contributed by atoms with van der Waals surface area (Å²) in [5.74, 6) is 1.12. The monoisotopic (exact) mass is 247 g/mol. The fourth-order valence-electron chi connectivity index (χ4n) is 1.74. The van der Waals surface area contributed by atoms with Crippen LogP contribution in [0.3, 0.4) is 0 Å². The van der Waals surface area contributed by atoms with Gasteiger partial charge in [-0.15, -0.1) is 0 Å². The largest absolute Gasteiger partial charge is 0.467 e. The summed E-state index contributed by atoms with van der Waals surface area (Å²) in [5.41, 5.74) is -0.120. The summed E-state index contributed by atoms with van der Waals surface area (Å²) < 4.78 is 6.93. The third-order valence-electron chi connectivity index (χ3n) is 2.75. The molecule has 2 aromatic rings. The fraction of sp³-hybridized carbons (Fsp3) is 0.385. The number of nitrogens with zero attached hydrogens (tertiary/aromatic N) is 2. The van der Waals surface area contributed by atoms with Crippen molar-refractivity contribution >= 4 is 5.82 Å². The van der Waals surface area contributed by atoms with Crippen LogP contribution >= 0.6 is 0 Å². The van der Waals surface area contributed by atoms with Gasteiger partial charge in [0.15, 0.2) is 5.82 Å². The molecule has 96 valence electrons. The lowest BCUT2D eigenvalue weighted by molar-refractivity contribution is 0.489. The zero-order valence-corrected chi connectivity index (χ0v) is 10.8. The average molecular weight is 247 g/mol. The molecule has 1 atom stereocenters. The van der Waals surface area contributed by atoms with Crippen LogP contribution in [0.15, 0.2) is 40.0 Å². The summed E-state index contributed by atoms with van der Waals surface area (Å²) in [6, 6.07) is 3.70. The van der Waals surface area contributed by atoms with Gasteiger partial charge >= 0.3 is 0 Å². The van der Waals surface area contributed by atoms with E-state index in [4.69, 9.17) is 4.42 Å². The Kier molecular flexibility index (Phi) is 3.50. The van der Waals surface area contributed by atoms with Gasteiger partial charge in [-0.3, -0.25) is 4.79 Å². The van der Waals surface area contributed by atoms with Gasteiger partial charge in [0.2, 0.25) is 0 Å². The molecule has 18 heavy (non-hydrogen) atoms. The van der Waals surface area contributed by atoms with Crippen molar-refractivity contribution < 1.29 is 4.42 Å². The van der Waals surface area contributed by atoms with E-state index in [1.54, 1.807) is 23.2 Å². The number of anilines is 1. The fourth-order valence-corrected chi connectivity index (χ4v) is 1.74. The molecule has 0 bridgehead atoms. The molecular weight excluding hydrogens is 230 g/mol. The molecule has 0 aliphatic heterocycles. The summed E-state index contributed by atoms with van der Waals surface area (Å²) in [6.45, 7) is 5.84. The van der Waals surface area contributed by atoms with Gasteiger partial charge in [-0.25, -0.2) is 4.98 Å². The first kappa shape index (κ1) is 12.4. The highest BCUT2D eigenvalue weighted by atomic mass is 16.3. The third kappa shape index (κ3) is 2.45. The average Bonchev–Trinajstić information content (AvgIpc) is 2.85. The summed E-state index contributed by atoms with van der Waals surface area (Å²) >= 11 is 0. The first-order valence-corrected chi connectivity index (χ1v) is 5.96. The molecule has 0 spiro atoms. The maximum atomic E-state index is 12.1. The molecule has 2 aromatic heterocycles.